The van der Waals surface area contributed by atoms with E-state index in [1.165, 1.54) is 4.90 Å². The van der Waals surface area contributed by atoms with Crippen molar-refractivity contribution in [3.05, 3.63) is 35.0 Å². The number of thiophene rings is 1. The zero-order valence-electron chi connectivity index (χ0n) is 20.9. The van der Waals surface area contributed by atoms with Gasteiger partial charge in [-0.15, -0.1) is 11.3 Å². The molecule has 2 amide bonds. The smallest absolute Gasteiger partial charge is 0.234 e. The van der Waals surface area contributed by atoms with Crippen molar-refractivity contribution in [3.63, 3.8) is 0 Å². The van der Waals surface area contributed by atoms with E-state index in [1.807, 2.05) is 39.0 Å². The number of fused-ring (bicyclic) bond motifs is 2. The molecule has 8 nitrogen and oxygen atoms in total. The van der Waals surface area contributed by atoms with E-state index in [-0.39, 0.29) is 35.2 Å². The highest BCUT2D eigenvalue weighted by atomic mass is 32.1. The minimum absolute atomic E-state index is 0.00157. The third kappa shape index (κ3) is 3.86. The van der Waals surface area contributed by atoms with Gasteiger partial charge in [0.1, 0.15) is 0 Å². The molecule has 5 rings (SSSR count). The maximum atomic E-state index is 12.8. The van der Waals surface area contributed by atoms with Crippen molar-refractivity contribution >= 4 is 39.1 Å². The molecular formula is C26H33N5O3S. The summed E-state index contributed by atoms with van der Waals surface area (Å²) in [4.78, 5) is 32.6. The Morgan fingerprint density at radius 2 is 1.97 bits per heavy atom. The van der Waals surface area contributed by atoms with Crippen LogP contribution in [0.3, 0.4) is 0 Å². The number of anilines is 1. The molecule has 3 atom stereocenters. The van der Waals surface area contributed by atoms with Crippen LogP contribution in [0.4, 0.5) is 5.69 Å². The topological polar surface area (TPSA) is 102 Å². The number of carbonyl (C=O) groups excluding carboxylic acids is 2. The van der Waals surface area contributed by atoms with Gasteiger partial charge in [0, 0.05) is 36.0 Å². The van der Waals surface area contributed by atoms with Crippen molar-refractivity contribution in [2.24, 2.45) is 17.3 Å². The predicted octanol–water partition coefficient (Wildman–Crippen LogP) is 3.42. The van der Waals surface area contributed by atoms with Gasteiger partial charge >= 0.3 is 0 Å². The summed E-state index contributed by atoms with van der Waals surface area (Å²) in [6.07, 6.45) is 1.80. The Kier molecular flexibility index (Phi) is 5.97. The van der Waals surface area contributed by atoms with Gasteiger partial charge in [0.05, 0.1) is 52.6 Å². The molecule has 3 N–H and O–H groups in total. The third-order valence-corrected chi connectivity index (χ3v) is 8.83. The van der Waals surface area contributed by atoms with E-state index in [2.05, 4.69) is 21.8 Å². The fourth-order valence-electron chi connectivity index (χ4n) is 5.44. The Hall–Kier alpha value is -2.75. The van der Waals surface area contributed by atoms with Gasteiger partial charge in [-0.3, -0.25) is 19.5 Å². The highest BCUT2D eigenvalue weighted by molar-refractivity contribution is 7.19. The molecule has 3 aromatic rings. The number of nitrogens with two attached hydrogens (primary N) is 1. The van der Waals surface area contributed by atoms with Crippen molar-refractivity contribution in [1.29, 1.82) is 0 Å². The molecule has 0 radical (unpaired) electrons. The van der Waals surface area contributed by atoms with E-state index in [0.717, 1.165) is 50.8 Å². The zero-order valence-corrected chi connectivity index (χ0v) is 21.7. The number of carbonyl (C=O) groups is 2. The van der Waals surface area contributed by atoms with Crippen LogP contribution < -0.4 is 11.1 Å². The second kappa shape index (κ2) is 8.72. The quantitative estimate of drug-likeness (QED) is 0.441. The molecule has 1 saturated heterocycles. The number of imide groups is 1. The lowest BCUT2D eigenvalue weighted by Gasteiger charge is -2.20. The lowest BCUT2D eigenvalue weighted by atomic mass is 10.1. The highest BCUT2D eigenvalue weighted by Gasteiger charge is 2.72. The van der Waals surface area contributed by atoms with Crippen molar-refractivity contribution in [2.75, 3.05) is 25.9 Å². The van der Waals surface area contributed by atoms with E-state index in [1.54, 1.807) is 24.6 Å². The maximum absolute atomic E-state index is 12.8. The van der Waals surface area contributed by atoms with Crippen LogP contribution in [-0.2, 0) is 27.4 Å². The normalized spacial score (nSPS) is 21.7. The van der Waals surface area contributed by atoms with E-state index >= 15 is 0 Å². The minimum atomic E-state index is -0.199. The SMILES string of the molecule is CCNCC(Cn1c(-c2ccnc3cc(CN4C(=O)C5C(C4=O)C5(C)C)sc23)cc(N)c1C)OC. The first-order valence-electron chi connectivity index (χ1n) is 12.1. The van der Waals surface area contributed by atoms with Gasteiger partial charge in [0.2, 0.25) is 11.8 Å². The van der Waals surface area contributed by atoms with E-state index < -0.39 is 0 Å². The Morgan fingerprint density at radius 3 is 2.63 bits per heavy atom. The molecule has 9 heteroatoms. The average molecular weight is 496 g/mol. The molecule has 0 aromatic carbocycles. The van der Waals surface area contributed by atoms with Crippen molar-refractivity contribution < 1.29 is 14.3 Å². The minimum Gasteiger partial charge on any atom is -0.397 e. The monoisotopic (exact) mass is 495 g/mol. The number of rotatable bonds is 9. The van der Waals surface area contributed by atoms with Crippen LogP contribution in [0.2, 0.25) is 0 Å². The average Bonchev–Trinajstić information content (AvgIpc) is 3.10. The van der Waals surface area contributed by atoms with Gasteiger partial charge < -0.3 is 20.4 Å². The van der Waals surface area contributed by atoms with Gasteiger partial charge in [-0.05, 0) is 37.1 Å². The molecular weight excluding hydrogens is 462 g/mol. The van der Waals surface area contributed by atoms with Crippen LogP contribution in [0.1, 0.15) is 31.3 Å². The Balaban J connectivity index is 1.46. The number of likely N-dealkylation sites (N-methyl/N-ethyl adjacent to an activating group) is 1. The first kappa shape index (κ1) is 24.0. The number of nitrogens with zero attached hydrogens (tertiary/aromatic N) is 3. The second-order valence-corrected chi connectivity index (χ2v) is 11.3. The lowest BCUT2D eigenvalue weighted by Crippen LogP contribution is -2.35. The Labute approximate surface area is 209 Å². The molecule has 2 fully saturated rings. The summed E-state index contributed by atoms with van der Waals surface area (Å²) < 4.78 is 8.95. The van der Waals surface area contributed by atoms with Gasteiger partial charge in [0.25, 0.3) is 0 Å². The number of hydrogen-bond acceptors (Lipinski definition) is 7. The first-order valence-corrected chi connectivity index (χ1v) is 12.9. The van der Waals surface area contributed by atoms with Gasteiger partial charge in [-0.25, -0.2) is 0 Å². The largest absolute Gasteiger partial charge is 0.397 e. The lowest BCUT2D eigenvalue weighted by molar-refractivity contribution is -0.143. The number of aromatic nitrogens is 2. The molecule has 1 saturated carbocycles. The summed E-state index contributed by atoms with van der Waals surface area (Å²) in [6, 6.07) is 6.00. The van der Waals surface area contributed by atoms with E-state index in [0.29, 0.717) is 13.1 Å². The molecule has 0 spiro atoms. The maximum Gasteiger partial charge on any atom is 0.234 e. The molecule has 35 heavy (non-hydrogen) atoms. The van der Waals surface area contributed by atoms with Crippen molar-refractivity contribution in [2.45, 2.75) is 46.9 Å². The summed E-state index contributed by atoms with van der Waals surface area (Å²) in [7, 11) is 1.73. The van der Waals surface area contributed by atoms with Gasteiger partial charge in [0.15, 0.2) is 0 Å². The fraction of sp³-hybridized carbons (Fsp3) is 0.500. The van der Waals surface area contributed by atoms with Crippen LogP contribution in [-0.4, -0.2) is 52.6 Å². The van der Waals surface area contributed by atoms with Crippen LogP contribution >= 0.6 is 11.3 Å². The van der Waals surface area contributed by atoms with Gasteiger partial charge in [-0.2, -0.15) is 0 Å². The number of likely N-dealkylation sites (tertiary alicyclic amines) is 1. The first-order chi connectivity index (χ1) is 16.7. The molecule has 3 aromatic heterocycles. The molecule has 4 heterocycles. The number of nitrogens with one attached hydrogen (secondary N) is 1. The summed E-state index contributed by atoms with van der Waals surface area (Å²) in [5, 5.41) is 3.35. The molecule has 2 aliphatic rings. The number of methoxy groups -OCH3 is 1. The zero-order chi connectivity index (χ0) is 25.1. The summed E-state index contributed by atoms with van der Waals surface area (Å²) in [5.41, 5.74) is 10.8. The van der Waals surface area contributed by atoms with Crippen LogP contribution in [0.5, 0.6) is 0 Å². The highest BCUT2D eigenvalue weighted by Crippen LogP contribution is 2.63. The summed E-state index contributed by atoms with van der Waals surface area (Å²) >= 11 is 1.58. The third-order valence-electron chi connectivity index (χ3n) is 7.69. The molecule has 186 valence electrons. The number of nitrogen functional groups attached to an aromatic ring is 1. The molecule has 0 bridgehead atoms. The van der Waals surface area contributed by atoms with Crippen LogP contribution in [0.15, 0.2) is 24.4 Å². The van der Waals surface area contributed by atoms with Crippen LogP contribution in [0, 0.1) is 24.2 Å². The number of ether oxygens (including phenoxy) is 1. The molecule has 3 unspecified atom stereocenters. The molecule has 1 aliphatic carbocycles. The number of hydrogen-bond donors (Lipinski definition) is 2. The van der Waals surface area contributed by atoms with Crippen LogP contribution in [0.25, 0.3) is 21.5 Å². The molecule has 1 aliphatic heterocycles. The number of pyridine rings is 1. The van der Waals surface area contributed by atoms with Gasteiger partial charge in [-0.1, -0.05) is 20.8 Å². The standard InChI is InChI=1S/C26H33N5O3S/c1-6-28-11-15(34-5)12-30-14(2)18(27)10-20(30)17-7-8-29-19-9-16(35-23(17)19)13-31-24(32)21-22(25(31)33)26(21,3)4/h7-10,15,21-22,28H,6,11-13,27H2,1-5H3. The van der Waals surface area contributed by atoms with Crippen molar-refractivity contribution in [1.82, 2.24) is 19.8 Å². The summed E-state index contributed by atoms with van der Waals surface area (Å²) in [6.45, 7) is 10.7. The van der Waals surface area contributed by atoms with Crippen molar-refractivity contribution in [3.8, 4) is 11.3 Å². The number of amides is 2. The van der Waals surface area contributed by atoms with E-state index in [4.69, 9.17) is 10.5 Å². The van der Waals surface area contributed by atoms with E-state index in [9.17, 15) is 9.59 Å². The second-order valence-electron chi connectivity index (χ2n) is 10.2. The Bertz CT molecular complexity index is 1290. The predicted molar refractivity (Wildman–Crippen MR) is 138 cm³/mol. The fourth-order valence-corrected chi connectivity index (χ4v) is 6.56. The summed E-state index contributed by atoms with van der Waals surface area (Å²) in [5.74, 6) is -0.412. The number of piperidine rings is 1. The Morgan fingerprint density at radius 1 is 1.26 bits per heavy atom.